The second-order valence-electron chi connectivity index (χ2n) is 7.91. The van der Waals surface area contributed by atoms with Gasteiger partial charge in [0.2, 0.25) is 5.75 Å². The fourth-order valence-electron chi connectivity index (χ4n) is 3.15. The van der Waals surface area contributed by atoms with E-state index in [0.29, 0.717) is 10.8 Å². The lowest BCUT2D eigenvalue weighted by molar-refractivity contribution is -0.158. The molecule has 0 fully saturated rings. The summed E-state index contributed by atoms with van der Waals surface area (Å²) in [7, 11) is 1.36. The van der Waals surface area contributed by atoms with Crippen molar-refractivity contribution in [3.63, 3.8) is 0 Å². The van der Waals surface area contributed by atoms with Crippen LogP contribution in [0.2, 0.25) is 5.02 Å². The SMILES string of the molecule is COc1ccnc(C(=O)N[C@@H](C)C(=O)O[C@H](C(C)C)[C@H](C)Oc2cccc(Cl)c2)c1OC(C)=O. The third-order valence-corrected chi connectivity index (χ3v) is 4.98. The van der Waals surface area contributed by atoms with Crippen LogP contribution >= 0.6 is 11.6 Å². The van der Waals surface area contributed by atoms with Crippen molar-refractivity contribution in [1.29, 1.82) is 0 Å². The molecule has 0 spiro atoms. The fraction of sp³-hybridized carbons (Fsp3) is 0.417. The Hall–Kier alpha value is -3.33. The van der Waals surface area contributed by atoms with Crippen LogP contribution in [0.4, 0.5) is 0 Å². The maximum Gasteiger partial charge on any atom is 0.328 e. The molecular formula is C24H29ClN2O7. The van der Waals surface area contributed by atoms with Gasteiger partial charge in [-0.05, 0) is 38.0 Å². The Morgan fingerprint density at radius 3 is 2.38 bits per heavy atom. The summed E-state index contributed by atoms with van der Waals surface area (Å²) in [6, 6.07) is 7.34. The zero-order chi connectivity index (χ0) is 25.4. The first-order valence-electron chi connectivity index (χ1n) is 10.7. The van der Waals surface area contributed by atoms with Gasteiger partial charge in [-0.25, -0.2) is 9.78 Å². The molecule has 0 aliphatic carbocycles. The molecule has 9 nitrogen and oxygen atoms in total. The van der Waals surface area contributed by atoms with E-state index >= 15 is 0 Å². The predicted octanol–water partition coefficient (Wildman–Crippen LogP) is 3.82. The van der Waals surface area contributed by atoms with Crippen molar-refractivity contribution in [1.82, 2.24) is 10.3 Å². The van der Waals surface area contributed by atoms with Crippen LogP contribution in [0.3, 0.4) is 0 Å². The van der Waals surface area contributed by atoms with Crippen LogP contribution in [0.1, 0.15) is 45.1 Å². The predicted molar refractivity (Wildman–Crippen MR) is 125 cm³/mol. The Labute approximate surface area is 203 Å². The van der Waals surface area contributed by atoms with E-state index in [0.717, 1.165) is 0 Å². The third-order valence-electron chi connectivity index (χ3n) is 4.74. The van der Waals surface area contributed by atoms with Gasteiger partial charge in [0.25, 0.3) is 5.91 Å². The number of halogens is 1. The fourth-order valence-corrected chi connectivity index (χ4v) is 3.33. The molecule has 0 bridgehead atoms. The Morgan fingerprint density at radius 1 is 1.09 bits per heavy atom. The van der Waals surface area contributed by atoms with Crippen molar-refractivity contribution in [2.75, 3.05) is 7.11 Å². The van der Waals surface area contributed by atoms with E-state index in [9.17, 15) is 14.4 Å². The first-order chi connectivity index (χ1) is 16.0. The summed E-state index contributed by atoms with van der Waals surface area (Å²) >= 11 is 6.01. The number of amides is 1. The molecule has 3 atom stereocenters. The van der Waals surface area contributed by atoms with Crippen molar-refractivity contribution >= 4 is 29.4 Å². The lowest BCUT2D eigenvalue weighted by Crippen LogP contribution is -2.45. The molecule has 184 valence electrons. The molecule has 0 saturated heterocycles. The number of ether oxygens (including phenoxy) is 4. The number of carbonyl (C=O) groups excluding carboxylic acids is 3. The number of nitrogens with one attached hydrogen (secondary N) is 1. The van der Waals surface area contributed by atoms with Crippen LogP contribution < -0.4 is 19.5 Å². The smallest absolute Gasteiger partial charge is 0.328 e. The van der Waals surface area contributed by atoms with Gasteiger partial charge in [0.1, 0.15) is 24.0 Å². The lowest BCUT2D eigenvalue weighted by atomic mass is 10.0. The maximum absolute atomic E-state index is 12.8. The first kappa shape index (κ1) is 26.9. The van der Waals surface area contributed by atoms with E-state index in [1.807, 2.05) is 13.8 Å². The van der Waals surface area contributed by atoms with Crippen LogP contribution in [-0.4, -0.2) is 48.2 Å². The summed E-state index contributed by atoms with van der Waals surface area (Å²) in [4.78, 5) is 41.0. The third kappa shape index (κ3) is 7.34. The minimum Gasteiger partial charge on any atom is -0.493 e. The molecule has 1 amide bonds. The van der Waals surface area contributed by atoms with Crippen molar-refractivity contribution in [2.45, 2.75) is 52.9 Å². The minimum atomic E-state index is -1.02. The monoisotopic (exact) mass is 492 g/mol. The average Bonchev–Trinajstić information content (AvgIpc) is 2.76. The zero-order valence-corrected chi connectivity index (χ0v) is 20.7. The summed E-state index contributed by atoms with van der Waals surface area (Å²) < 4.78 is 21.8. The van der Waals surface area contributed by atoms with E-state index in [1.54, 1.807) is 31.2 Å². The number of methoxy groups -OCH3 is 1. The molecular weight excluding hydrogens is 464 g/mol. The summed E-state index contributed by atoms with van der Waals surface area (Å²) in [5.41, 5.74) is -0.202. The second kappa shape index (κ2) is 12.2. The van der Waals surface area contributed by atoms with Crippen molar-refractivity contribution < 1.29 is 33.3 Å². The molecule has 0 aliphatic heterocycles. The van der Waals surface area contributed by atoms with Crippen molar-refractivity contribution in [2.24, 2.45) is 5.92 Å². The number of benzene rings is 1. The standard InChI is InChI=1S/C24H29ClN2O7/c1-13(2)21(15(4)32-18-9-7-8-17(25)12-18)34-24(30)14(3)27-23(29)20-22(33-16(5)28)19(31-6)10-11-26-20/h7-15,21H,1-6H3,(H,27,29)/t14-,15-,21+/m0/s1. The largest absolute Gasteiger partial charge is 0.493 e. The first-order valence-corrected chi connectivity index (χ1v) is 11.1. The summed E-state index contributed by atoms with van der Waals surface area (Å²) in [6.07, 6.45) is 0.242. The number of hydrogen-bond acceptors (Lipinski definition) is 8. The Kier molecular flexibility index (Phi) is 9.68. The van der Waals surface area contributed by atoms with Gasteiger partial charge in [-0.1, -0.05) is 31.5 Å². The minimum absolute atomic E-state index is 0.0725. The number of aromatic nitrogens is 1. The van der Waals surface area contributed by atoms with Gasteiger partial charge in [0.05, 0.1) is 7.11 Å². The van der Waals surface area contributed by atoms with Crippen molar-refractivity contribution in [3.05, 3.63) is 47.2 Å². The van der Waals surface area contributed by atoms with Crippen LogP contribution in [0, 0.1) is 5.92 Å². The van der Waals surface area contributed by atoms with Gasteiger partial charge < -0.3 is 24.3 Å². The molecule has 10 heteroatoms. The zero-order valence-electron chi connectivity index (χ0n) is 20.0. The average molecular weight is 493 g/mol. The normalized spacial score (nSPS) is 13.4. The topological polar surface area (TPSA) is 113 Å². The van der Waals surface area contributed by atoms with E-state index in [1.165, 1.54) is 33.2 Å². The van der Waals surface area contributed by atoms with Gasteiger partial charge >= 0.3 is 11.9 Å². The number of esters is 2. The Morgan fingerprint density at radius 2 is 1.79 bits per heavy atom. The molecule has 1 aromatic heterocycles. The maximum atomic E-state index is 12.8. The quantitative estimate of drug-likeness (QED) is 0.498. The molecule has 0 radical (unpaired) electrons. The Balaban J connectivity index is 2.10. The molecule has 1 heterocycles. The van der Waals surface area contributed by atoms with Gasteiger partial charge in [0.15, 0.2) is 11.4 Å². The van der Waals surface area contributed by atoms with Gasteiger partial charge in [0, 0.05) is 24.2 Å². The van der Waals surface area contributed by atoms with Crippen LogP contribution in [0.25, 0.3) is 0 Å². The van der Waals surface area contributed by atoms with Crippen LogP contribution in [-0.2, 0) is 14.3 Å². The molecule has 1 aromatic carbocycles. The molecule has 0 unspecified atom stereocenters. The van der Waals surface area contributed by atoms with Gasteiger partial charge in [-0.2, -0.15) is 0 Å². The molecule has 2 aromatic rings. The van der Waals surface area contributed by atoms with Gasteiger partial charge in [-0.15, -0.1) is 0 Å². The second-order valence-corrected chi connectivity index (χ2v) is 8.34. The van der Waals surface area contributed by atoms with Crippen LogP contribution in [0.15, 0.2) is 36.5 Å². The number of nitrogens with zero attached hydrogens (tertiary/aromatic N) is 1. The highest BCUT2D eigenvalue weighted by molar-refractivity contribution is 6.30. The number of pyridine rings is 1. The van der Waals surface area contributed by atoms with E-state index in [2.05, 4.69) is 10.3 Å². The number of hydrogen-bond donors (Lipinski definition) is 1. The Bertz CT molecular complexity index is 1030. The number of rotatable bonds is 10. The molecule has 0 saturated carbocycles. The highest BCUT2D eigenvalue weighted by Crippen LogP contribution is 2.29. The number of carbonyl (C=O) groups is 3. The van der Waals surface area contributed by atoms with E-state index in [4.69, 9.17) is 30.5 Å². The molecule has 1 N–H and O–H groups in total. The summed E-state index contributed by atoms with van der Waals surface area (Å²) in [5, 5.41) is 3.05. The highest BCUT2D eigenvalue weighted by atomic mass is 35.5. The molecule has 0 aliphatic rings. The van der Waals surface area contributed by atoms with Crippen LogP contribution in [0.5, 0.6) is 17.2 Å². The van der Waals surface area contributed by atoms with Crippen molar-refractivity contribution in [3.8, 4) is 17.2 Å². The van der Waals surface area contributed by atoms with E-state index in [-0.39, 0.29) is 23.1 Å². The van der Waals surface area contributed by atoms with E-state index < -0.39 is 36.1 Å². The van der Waals surface area contributed by atoms with Gasteiger partial charge in [-0.3, -0.25) is 9.59 Å². The lowest BCUT2D eigenvalue weighted by Gasteiger charge is -2.29. The highest BCUT2D eigenvalue weighted by Gasteiger charge is 2.30. The summed E-state index contributed by atoms with van der Waals surface area (Å²) in [6.45, 7) is 8.24. The molecule has 2 rings (SSSR count). The summed E-state index contributed by atoms with van der Waals surface area (Å²) in [5.74, 6) is -1.56. The molecule has 34 heavy (non-hydrogen) atoms.